The summed E-state index contributed by atoms with van der Waals surface area (Å²) in [7, 11) is -1.24. The van der Waals surface area contributed by atoms with Crippen molar-refractivity contribution in [3.63, 3.8) is 0 Å². The van der Waals surface area contributed by atoms with Gasteiger partial charge in [-0.3, -0.25) is 0 Å². The third-order valence-electron chi connectivity index (χ3n) is 3.32. The maximum atomic E-state index is 11.3. The number of likely N-dealkylation sites (N-methyl/N-ethyl adjacent to an activating group) is 1. The first-order valence-corrected chi connectivity index (χ1v) is 8.61. The van der Waals surface area contributed by atoms with Gasteiger partial charge in [-0.05, 0) is 44.2 Å². The third-order valence-corrected chi connectivity index (χ3v) is 4.44. The van der Waals surface area contributed by atoms with Gasteiger partial charge in [-0.2, -0.15) is 0 Å². The maximum Gasteiger partial charge on any atom is 0.175 e. The van der Waals surface area contributed by atoms with Crippen molar-refractivity contribution in [1.82, 2.24) is 5.32 Å². The summed E-state index contributed by atoms with van der Waals surface area (Å²) < 4.78 is 34.1. The molecule has 1 saturated heterocycles. The number of hydrogen-bond acceptors (Lipinski definition) is 5. The highest BCUT2D eigenvalue weighted by Crippen LogP contribution is 2.21. The van der Waals surface area contributed by atoms with Crippen LogP contribution >= 0.6 is 0 Å². The molecule has 1 aliphatic heterocycles. The van der Waals surface area contributed by atoms with Gasteiger partial charge < -0.3 is 14.8 Å². The van der Waals surface area contributed by atoms with E-state index in [0.717, 1.165) is 19.4 Å². The molecule has 20 heavy (non-hydrogen) atoms. The fourth-order valence-corrected chi connectivity index (χ4v) is 2.88. The molecule has 0 aromatic heterocycles. The minimum absolute atomic E-state index is 0.114. The minimum atomic E-state index is -3.15. The molecule has 0 saturated carbocycles. The van der Waals surface area contributed by atoms with E-state index in [1.165, 1.54) is 6.26 Å². The van der Waals surface area contributed by atoms with Crippen LogP contribution in [0.4, 0.5) is 0 Å². The molecular weight excluding hydrogens is 278 g/mol. The Morgan fingerprint density at radius 1 is 1.25 bits per heavy atom. The molecule has 112 valence electrons. The molecule has 0 aliphatic carbocycles. The maximum absolute atomic E-state index is 11.3. The van der Waals surface area contributed by atoms with E-state index < -0.39 is 9.84 Å². The molecule has 2 rings (SSSR count). The Hall–Kier alpha value is -1.11. The summed E-state index contributed by atoms with van der Waals surface area (Å²) >= 11 is 0. The van der Waals surface area contributed by atoms with Crippen molar-refractivity contribution in [1.29, 1.82) is 0 Å². The van der Waals surface area contributed by atoms with Gasteiger partial charge in [0.25, 0.3) is 0 Å². The minimum Gasteiger partial charge on any atom is -0.491 e. The fourth-order valence-electron chi connectivity index (χ4n) is 2.25. The van der Waals surface area contributed by atoms with Crippen LogP contribution in [-0.2, 0) is 14.6 Å². The standard InChI is InChI=1S/C14H21NO4S/c1-15-9-12-3-4-13(19-12)10-18-11-5-7-14(8-6-11)20(2,16)17/h5-8,12-13,15H,3-4,9-10H2,1-2H3. The monoisotopic (exact) mass is 299 g/mol. The molecule has 1 aromatic carbocycles. The Kier molecular flexibility index (Phi) is 5.01. The Bertz CT molecular complexity index is 527. The SMILES string of the molecule is CNCC1CCC(COc2ccc(S(C)(=O)=O)cc2)O1. The molecule has 1 aliphatic rings. The summed E-state index contributed by atoms with van der Waals surface area (Å²) in [5.41, 5.74) is 0. The van der Waals surface area contributed by atoms with E-state index in [1.807, 2.05) is 7.05 Å². The Balaban J connectivity index is 1.83. The number of benzene rings is 1. The smallest absolute Gasteiger partial charge is 0.175 e. The normalized spacial score (nSPS) is 22.9. The van der Waals surface area contributed by atoms with Crippen molar-refractivity contribution in [2.75, 3.05) is 26.5 Å². The van der Waals surface area contributed by atoms with Crippen LogP contribution in [0.15, 0.2) is 29.2 Å². The van der Waals surface area contributed by atoms with Crippen molar-refractivity contribution in [2.24, 2.45) is 0 Å². The van der Waals surface area contributed by atoms with Gasteiger partial charge in [0, 0.05) is 12.8 Å². The lowest BCUT2D eigenvalue weighted by Crippen LogP contribution is -2.25. The lowest BCUT2D eigenvalue weighted by Gasteiger charge is -2.14. The van der Waals surface area contributed by atoms with E-state index in [9.17, 15) is 8.42 Å². The second-order valence-corrected chi connectivity index (χ2v) is 7.09. The van der Waals surface area contributed by atoms with Crippen LogP contribution in [0.25, 0.3) is 0 Å². The quantitative estimate of drug-likeness (QED) is 0.856. The van der Waals surface area contributed by atoms with Crippen molar-refractivity contribution in [3.8, 4) is 5.75 Å². The zero-order valence-corrected chi connectivity index (χ0v) is 12.7. The Morgan fingerprint density at radius 3 is 2.50 bits per heavy atom. The highest BCUT2D eigenvalue weighted by molar-refractivity contribution is 7.90. The van der Waals surface area contributed by atoms with Crippen LogP contribution < -0.4 is 10.1 Å². The van der Waals surface area contributed by atoms with Gasteiger partial charge in [0.2, 0.25) is 0 Å². The molecule has 5 nitrogen and oxygen atoms in total. The summed E-state index contributed by atoms with van der Waals surface area (Å²) in [6.45, 7) is 1.36. The number of sulfone groups is 1. The van der Waals surface area contributed by atoms with Gasteiger partial charge in [-0.25, -0.2) is 8.42 Å². The predicted molar refractivity (Wildman–Crippen MR) is 76.9 cm³/mol. The van der Waals surface area contributed by atoms with Crippen LogP contribution in [0.2, 0.25) is 0 Å². The summed E-state index contributed by atoms with van der Waals surface area (Å²) in [4.78, 5) is 0.302. The summed E-state index contributed by atoms with van der Waals surface area (Å²) in [5, 5.41) is 3.10. The van der Waals surface area contributed by atoms with Crippen molar-refractivity contribution < 1.29 is 17.9 Å². The first-order chi connectivity index (χ1) is 9.49. The number of ether oxygens (including phenoxy) is 2. The van der Waals surface area contributed by atoms with Gasteiger partial charge in [0.15, 0.2) is 9.84 Å². The number of nitrogens with one attached hydrogen (secondary N) is 1. The zero-order valence-electron chi connectivity index (χ0n) is 11.8. The number of hydrogen-bond donors (Lipinski definition) is 1. The summed E-state index contributed by atoms with van der Waals surface area (Å²) in [6.07, 6.45) is 3.61. The molecular formula is C14H21NO4S. The van der Waals surface area contributed by atoms with Crippen LogP contribution in [0.5, 0.6) is 5.75 Å². The van der Waals surface area contributed by atoms with Crippen molar-refractivity contribution in [3.05, 3.63) is 24.3 Å². The van der Waals surface area contributed by atoms with Crippen LogP contribution in [0, 0.1) is 0 Å². The second-order valence-electron chi connectivity index (χ2n) is 5.07. The van der Waals surface area contributed by atoms with E-state index >= 15 is 0 Å². The first-order valence-electron chi connectivity index (χ1n) is 6.72. The Morgan fingerprint density at radius 2 is 1.90 bits per heavy atom. The molecule has 0 spiro atoms. The molecule has 1 heterocycles. The van der Waals surface area contributed by atoms with Gasteiger partial charge >= 0.3 is 0 Å². The highest BCUT2D eigenvalue weighted by atomic mass is 32.2. The number of rotatable bonds is 6. The molecule has 2 atom stereocenters. The topological polar surface area (TPSA) is 64.6 Å². The molecule has 0 bridgehead atoms. The van der Waals surface area contributed by atoms with E-state index in [2.05, 4.69) is 5.32 Å². The van der Waals surface area contributed by atoms with Gasteiger partial charge in [0.1, 0.15) is 12.4 Å². The summed E-state index contributed by atoms with van der Waals surface area (Å²) in [6, 6.07) is 6.47. The zero-order chi connectivity index (χ0) is 14.6. The fraction of sp³-hybridized carbons (Fsp3) is 0.571. The van der Waals surface area contributed by atoms with Crippen molar-refractivity contribution in [2.45, 2.75) is 29.9 Å². The molecule has 1 fully saturated rings. The average molecular weight is 299 g/mol. The lowest BCUT2D eigenvalue weighted by molar-refractivity contribution is 0.0193. The van der Waals surface area contributed by atoms with Gasteiger partial charge in [0.05, 0.1) is 17.1 Å². The predicted octanol–water partition coefficient (Wildman–Crippen LogP) is 1.24. The third kappa shape index (κ3) is 4.19. The lowest BCUT2D eigenvalue weighted by atomic mass is 10.2. The molecule has 0 amide bonds. The molecule has 1 aromatic rings. The molecule has 1 N–H and O–H groups in total. The Labute approximate surface area is 120 Å². The second kappa shape index (κ2) is 6.56. The van der Waals surface area contributed by atoms with Crippen LogP contribution in [-0.4, -0.2) is 47.1 Å². The van der Waals surface area contributed by atoms with Crippen LogP contribution in [0.1, 0.15) is 12.8 Å². The largest absolute Gasteiger partial charge is 0.491 e. The van der Waals surface area contributed by atoms with E-state index in [0.29, 0.717) is 17.3 Å². The van der Waals surface area contributed by atoms with E-state index in [1.54, 1.807) is 24.3 Å². The van der Waals surface area contributed by atoms with E-state index in [4.69, 9.17) is 9.47 Å². The molecule has 6 heteroatoms. The van der Waals surface area contributed by atoms with Gasteiger partial charge in [-0.15, -0.1) is 0 Å². The average Bonchev–Trinajstić information content (AvgIpc) is 2.84. The van der Waals surface area contributed by atoms with Crippen LogP contribution in [0.3, 0.4) is 0 Å². The highest BCUT2D eigenvalue weighted by Gasteiger charge is 2.25. The molecule has 0 radical (unpaired) electrons. The molecule has 2 unspecified atom stereocenters. The summed E-state index contributed by atoms with van der Waals surface area (Å²) in [5.74, 6) is 0.665. The van der Waals surface area contributed by atoms with Crippen molar-refractivity contribution >= 4 is 9.84 Å². The first kappa shape index (κ1) is 15.3. The van der Waals surface area contributed by atoms with E-state index in [-0.39, 0.29) is 12.2 Å². The van der Waals surface area contributed by atoms with Gasteiger partial charge in [-0.1, -0.05) is 0 Å².